The summed E-state index contributed by atoms with van der Waals surface area (Å²) in [5, 5.41) is 3.36. The molecule has 0 radical (unpaired) electrons. The maximum atomic E-state index is 3.36. The van der Waals surface area contributed by atoms with Crippen LogP contribution in [0.4, 0.5) is 0 Å². The summed E-state index contributed by atoms with van der Waals surface area (Å²) >= 11 is 0. The van der Waals surface area contributed by atoms with Crippen molar-refractivity contribution < 1.29 is 0 Å². The fraction of sp³-hybridized carbons (Fsp3) is 1.00. The number of hydrogen-bond acceptors (Lipinski definition) is 2. The van der Waals surface area contributed by atoms with E-state index >= 15 is 0 Å². The average molecular weight is 240 g/mol. The molecule has 0 bridgehead atoms. The summed E-state index contributed by atoms with van der Waals surface area (Å²) < 4.78 is 0. The molecule has 2 nitrogen and oxygen atoms in total. The Labute approximate surface area is 108 Å². The monoisotopic (exact) mass is 240 g/mol. The van der Waals surface area contributed by atoms with Crippen LogP contribution < -0.4 is 5.32 Å². The maximum Gasteiger partial charge on any atom is 0.0223 e. The number of likely N-dealkylation sites (N-methyl/N-ethyl adjacent to an activating group) is 1. The summed E-state index contributed by atoms with van der Waals surface area (Å²) in [4.78, 5) is 2.76. The summed E-state index contributed by atoms with van der Waals surface area (Å²) in [6.07, 6.45) is 11.2. The summed E-state index contributed by atoms with van der Waals surface area (Å²) in [5.41, 5.74) is 0. The van der Waals surface area contributed by atoms with Crippen LogP contribution in [0.1, 0.15) is 65.2 Å². The molecule has 0 aliphatic carbocycles. The molecule has 0 aromatic rings. The zero-order valence-corrected chi connectivity index (χ0v) is 12.2. The van der Waals surface area contributed by atoms with E-state index < -0.39 is 0 Å². The van der Waals surface area contributed by atoms with Crippen molar-refractivity contribution in [2.75, 3.05) is 20.1 Å². The van der Waals surface area contributed by atoms with Gasteiger partial charge in [0, 0.05) is 18.6 Å². The van der Waals surface area contributed by atoms with E-state index in [1.165, 1.54) is 64.5 Å². The maximum absolute atomic E-state index is 3.36. The second-order valence-electron chi connectivity index (χ2n) is 5.64. The van der Waals surface area contributed by atoms with Crippen LogP contribution >= 0.6 is 0 Å². The first-order chi connectivity index (χ1) is 8.29. The topological polar surface area (TPSA) is 15.3 Å². The van der Waals surface area contributed by atoms with Crippen molar-refractivity contribution in [3.8, 4) is 0 Å². The fourth-order valence-electron chi connectivity index (χ4n) is 3.09. The van der Waals surface area contributed by atoms with Gasteiger partial charge in [-0.1, -0.05) is 39.0 Å². The van der Waals surface area contributed by atoms with Crippen molar-refractivity contribution in [2.45, 2.75) is 77.3 Å². The Hall–Kier alpha value is -0.0800. The molecule has 102 valence electrons. The molecule has 1 rings (SSSR count). The van der Waals surface area contributed by atoms with Gasteiger partial charge in [-0.2, -0.15) is 0 Å². The number of hydrogen-bond donors (Lipinski definition) is 1. The highest BCUT2D eigenvalue weighted by molar-refractivity contribution is 4.82. The van der Waals surface area contributed by atoms with Crippen LogP contribution in [0.2, 0.25) is 0 Å². The number of nitrogens with one attached hydrogen (secondary N) is 1. The number of unbranched alkanes of at least 4 members (excludes halogenated alkanes) is 3. The number of nitrogens with zero attached hydrogens (tertiary/aromatic N) is 1. The highest BCUT2D eigenvalue weighted by Crippen LogP contribution is 2.21. The first kappa shape index (κ1) is 15.0. The molecule has 1 saturated heterocycles. The van der Waals surface area contributed by atoms with Gasteiger partial charge >= 0.3 is 0 Å². The van der Waals surface area contributed by atoms with Crippen molar-refractivity contribution in [1.82, 2.24) is 10.2 Å². The SMILES string of the molecule is CCCCCCC(C)N1CCCCC1CNC. The Morgan fingerprint density at radius 2 is 2.06 bits per heavy atom. The summed E-state index contributed by atoms with van der Waals surface area (Å²) in [6.45, 7) is 7.21. The quantitative estimate of drug-likeness (QED) is 0.654. The molecule has 0 amide bonds. The van der Waals surface area contributed by atoms with E-state index in [4.69, 9.17) is 0 Å². The normalized spacial score (nSPS) is 23.8. The minimum Gasteiger partial charge on any atom is -0.318 e. The highest BCUT2D eigenvalue weighted by atomic mass is 15.2. The Morgan fingerprint density at radius 1 is 1.24 bits per heavy atom. The van der Waals surface area contributed by atoms with Crippen molar-refractivity contribution in [1.29, 1.82) is 0 Å². The predicted molar refractivity (Wildman–Crippen MR) is 76.5 cm³/mol. The number of likely N-dealkylation sites (tertiary alicyclic amines) is 1. The van der Waals surface area contributed by atoms with Crippen LogP contribution in [0.15, 0.2) is 0 Å². The van der Waals surface area contributed by atoms with Gasteiger partial charge in [-0.05, 0) is 39.8 Å². The molecule has 2 heteroatoms. The molecular weight excluding hydrogens is 208 g/mol. The van der Waals surface area contributed by atoms with Crippen molar-refractivity contribution in [3.05, 3.63) is 0 Å². The third kappa shape index (κ3) is 5.39. The van der Waals surface area contributed by atoms with E-state index in [0.717, 1.165) is 12.1 Å². The van der Waals surface area contributed by atoms with Crippen LogP contribution in [0, 0.1) is 0 Å². The highest BCUT2D eigenvalue weighted by Gasteiger charge is 2.25. The molecule has 1 fully saturated rings. The van der Waals surface area contributed by atoms with Gasteiger partial charge < -0.3 is 5.32 Å². The third-order valence-electron chi connectivity index (χ3n) is 4.15. The van der Waals surface area contributed by atoms with Crippen molar-refractivity contribution >= 4 is 0 Å². The first-order valence-corrected chi connectivity index (χ1v) is 7.70. The van der Waals surface area contributed by atoms with Crippen LogP contribution in [-0.4, -0.2) is 37.1 Å². The van der Waals surface area contributed by atoms with E-state index in [-0.39, 0.29) is 0 Å². The van der Waals surface area contributed by atoms with Gasteiger partial charge in [-0.25, -0.2) is 0 Å². The van der Waals surface area contributed by atoms with Gasteiger partial charge in [0.05, 0.1) is 0 Å². The molecular formula is C15H32N2. The van der Waals surface area contributed by atoms with Crippen LogP contribution in [-0.2, 0) is 0 Å². The molecule has 17 heavy (non-hydrogen) atoms. The van der Waals surface area contributed by atoms with E-state index in [1.54, 1.807) is 0 Å². The first-order valence-electron chi connectivity index (χ1n) is 7.70. The molecule has 1 N–H and O–H groups in total. The summed E-state index contributed by atoms with van der Waals surface area (Å²) in [7, 11) is 2.08. The van der Waals surface area contributed by atoms with Crippen molar-refractivity contribution in [2.24, 2.45) is 0 Å². The number of rotatable bonds is 8. The average Bonchev–Trinajstić information content (AvgIpc) is 2.35. The van der Waals surface area contributed by atoms with Gasteiger partial charge in [0.2, 0.25) is 0 Å². The Kier molecular flexibility index (Phi) is 7.87. The van der Waals surface area contributed by atoms with Gasteiger partial charge in [-0.15, -0.1) is 0 Å². The van der Waals surface area contributed by atoms with Crippen LogP contribution in [0.25, 0.3) is 0 Å². The molecule has 1 aliphatic rings. The lowest BCUT2D eigenvalue weighted by Gasteiger charge is -2.40. The molecule has 0 spiro atoms. The molecule has 2 unspecified atom stereocenters. The molecule has 0 saturated carbocycles. The van der Waals surface area contributed by atoms with E-state index in [1.807, 2.05) is 0 Å². The zero-order chi connectivity index (χ0) is 12.5. The zero-order valence-electron chi connectivity index (χ0n) is 12.2. The minimum absolute atomic E-state index is 0.783. The molecule has 0 aromatic carbocycles. The Morgan fingerprint density at radius 3 is 2.76 bits per heavy atom. The van der Waals surface area contributed by atoms with Crippen molar-refractivity contribution in [3.63, 3.8) is 0 Å². The lowest BCUT2D eigenvalue weighted by molar-refractivity contribution is 0.0969. The molecule has 2 atom stereocenters. The third-order valence-corrected chi connectivity index (χ3v) is 4.15. The number of piperidine rings is 1. The second kappa shape index (κ2) is 8.93. The van der Waals surface area contributed by atoms with Crippen LogP contribution in [0.3, 0.4) is 0 Å². The van der Waals surface area contributed by atoms with E-state index in [9.17, 15) is 0 Å². The second-order valence-corrected chi connectivity index (χ2v) is 5.64. The molecule has 1 heterocycles. The van der Waals surface area contributed by atoms with Gasteiger partial charge in [0.25, 0.3) is 0 Å². The molecule has 0 aromatic heterocycles. The van der Waals surface area contributed by atoms with Gasteiger partial charge in [0.15, 0.2) is 0 Å². The summed E-state index contributed by atoms with van der Waals surface area (Å²) in [6, 6.07) is 1.57. The Balaban J connectivity index is 2.28. The minimum atomic E-state index is 0.783. The standard InChI is InChI=1S/C15H32N2/c1-4-5-6-7-10-14(2)17-12-9-8-11-15(17)13-16-3/h14-16H,4-13H2,1-3H3. The lowest BCUT2D eigenvalue weighted by atomic mass is 9.97. The lowest BCUT2D eigenvalue weighted by Crippen LogP contribution is -2.49. The van der Waals surface area contributed by atoms with Gasteiger partial charge in [0.1, 0.15) is 0 Å². The van der Waals surface area contributed by atoms with Gasteiger partial charge in [-0.3, -0.25) is 4.90 Å². The largest absolute Gasteiger partial charge is 0.318 e. The summed E-state index contributed by atoms with van der Waals surface area (Å²) in [5.74, 6) is 0. The van der Waals surface area contributed by atoms with Crippen LogP contribution in [0.5, 0.6) is 0 Å². The van der Waals surface area contributed by atoms with E-state index in [2.05, 4.69) is 31.1 Å². The Bertz CT molecular complexity index is 180. The van der Waals surface area contributed by atoms with E-state index in [0.29, 0.717) is 0 Å². The fourth-order valence-corrected chi connectivity index (χ4v) is 3.09. The molecule has 1 aliphatic heterocycles. The predicted octanol–water partition coefficient (Wildman–Crippen LogP) is 3.42. The smallest absolute Gasteiger partial charge is 0.0223 e.